The fraction of sp³-hybridized carbons (Fsp3) is 0.857. The summed E-state index contributed by atoms with van der Waals surface area (Å²) in [6.07, 6.45) is 4.25. The summed E-state index contributed by atoms with van der Waals surface area (Å²) in [6.45, 7) is 2.40. The maximum atomic E-state index is 12.2. The highest BCUT2D eigenvalue weighted by Gasteiger charge is 2.38. The number of aliphatic hydroxyl groups excluding tert-OH is 1. The molecular formula is C14H25N3O2. The Hall–Kier alpha value is -1.12. The van der Waals surface area contributed by atoms with E-state index in [-0.39, 0.29) is 12.5 Å². The number of carbonyl (C=O) groups excluding carboxylic acids is 1. The summed E-state index contributed by atoms with van der Waals surface area (Å²) in [7, 11) is 3.53. The Labute approximate surface area is 115 Å². The molecule has 1 rings (SSSR count). The number of nitriles is 1. The second kappa shape index (κ2) is 6.88. The van der Waals surface area contributed by atoms with Gasteiger partial charge in [-0.3, -0.25) is 9.69 Å². The molecule has 1 unspecified atom stereocenters. The van der Waals surface area contributed by atoms with Crippen LogP contribution in [0.1, 0.15) is 39.0 Å². The van der Waals surface area contributed by atoms with Crippen LogP contribution in [0, 0.1) is 11.3 Å². The molecule has 1 aliphatic rings. The van der Waals surface area contributed by atoms with Gasteiger partial charge in [0.15, 0.2) is 0 Å². The van der Waals surface area contributed by atoms with E-state index in [4.69, 9.17) is 0 Å². The van der Waals surface area contributed by atoms with Crippen molar-refractivity contribution in [2.45, 2.75) is 50.7 Å². The molecule has 19 heavy (non-hydrogen) atoms. The quantitative estimate of drug-likeness (QED) is 0.806. The monoisotopic (exact) mass is 267 g/mol. The Kier molecular flexibility index (Phi) is 5.77. The van der Waals surface area contributed by atoms with Gasteiger partial charge in [-0.05, 0) is 26.8 Å². The first-order chi connectivity index (χ1) is 8.91. The van der Waals surface area contributed by atoms with Gasteiger partial charge >= 0.3 is 0 Å². The van der Waals surface area contributed by atoms with E-state index < -0.39 is 11.6 Å². The van der Waals surface area contributed by atoms with E-state index >= 15 is 0 Å². The molecule has 5 heteroatoms. The number of aliphatic hydroxyl groups is 1. The summed E-state index contributed by atoms with van der Waals surface area (Å²) in [5.74, 6) is -0.0494. The van der Waals surface area contributed by atoms with Crippen molar-refractivity contribution in [2.75, 3.05) is 27.2 Å². The predicted octanol–water partition coefficient (Wildman–Crippen LogP) is 0.984. The van der Waals surface area contributed by atoms with Crippen molar-refractivity contribution < 1.29 is 9.90 Å². The maximum absolute atomic E-state index is 12.2. The predicted molar refractivity (Wildman–Crippen MR) is 73.4 cm³/mol. The number of nitrogens with zero attached hydrogens (tertiary/aromatic N) is 3. The molecule has 0 aromatic heterocycles. The standard InChI is InChI=1S/C14H25N3O2/c1-12(18)9-16(2)10-13(19)17(3)14(11-15)7-5-4-6-8-14/h12,18H,4-10H2,1-3H3. The van der Waals surface area contributed by atoms with Crippen LogP contribution < -0.4 is 0 Å². The zero-order chi connectivity index (χ0) is 14.5. The first-order valence-corrected chi connectivity index (χ1v) is 6.96. The van der Waals surface area contributed by atoms with Crippen LogP contribution in [0.5, 0.6) is 0 Å². The zero-order valence-corrected chi connectivity index (χ0v) is 12.2. The van der Waals surface area contributed by atoms with Crippen LogP contribution in [-0.4, -0.2) is 59.6 Å². The average molecular weight is 267 g/mol. The molecule has 5 nitrogen and oxygen atoms in total. The third kappa shape index (κ3) is 4.19. The van der Waals surface area contributed by atoms with E-state index in [1.54, 1.807) is 30.8 Å². The Morgan fingerprint density at radius 1 is 1.37 bits per heavy atom. The van der Waals surface area contributed by atoms with E-state index in [0.29, 0.717) is 6.54 Å². The molecule has 0 spiro atoms. The van der Waals surface area contributed by atoms with Gasteiger partial charge in [-0.1, -0.05) is 19.3 Å². The number of rotatable bonds is 5. The molecule has 1 aliphatic carbocycles. The summed E-state index contributed by atoms with van der Waals surface area (Å²) in [5, 5.41) is 18.7. The summed E-state index contributed by atoms with van der Waals surface area (Å²) >= 11 is 0. The molecule has 0 aromatic carbocycles. The maximum Gasteiger partial charge on any atom is 0.237 e. The van der Waals surface area contributed by atoms with Gasteiger partial charge in [-0.25, -0.2) is 0 Å². The number of amides is 1. The molecular weight excluding hydrogens is 242 g/mol. The van der Waals surface area contributed by atoms with E-state index in [1.165, 1.54) is 0 Å². The third-order valence-electron chi connectivity index (χ3n) is 3.89. The van der Waals surface area contributed by atoms with Crippen LogP contribution in [0.15, 0.2) is 0 Å². The molecule has 108 valence electrons. The van der Waals surface area contributed by atoms with Crippen molar-refractivity contribution in [3.05, 3.63) is 0 Å². The van der Waals surface area contributed by atoms with Crippen LogP contribution >= 0.6 is 0 Å². The second-order valence-electron chi connectivity index (χ2n) is 5.70. The van der Waals surface area contributed by atoms with Gasteiger partial charge in [-0.15, -0.1) is 0 Å². The highest BCUT2D eigenvalue weighted by molar-refractivity contribution is 5.79. The molecule has 1 atom stereocenters. The Balaban J connectivity index is 2.62. The van der Waals surface area contributed by atoms with Crippen LogP contribution in [0.4, 0.5) is 0 Å². The Morgan fingerprint density at radius 3 is 2.42 bits per heavy atom. The smallest absolute Gasteiger partial charge is 0.237 e. The fourth-order valence-corrected chi connectivity index (χ4v) is 2.75. The van der Waals surface area contributed by atoms with Gasteiger partial charge in [0.2, 0.25) is 5.91 Å². The van der Waals surface area contributed by atoms with E-state index in [1.807, 2.05) is 0 Å². The van der Waals surface area contributed by atoms with Gasteiger partial charge < -0.3 is 10.0 Å². The summed E-state index contributed by atoms with van der Waals surface area (Å²) in [4.78, 5) is 15.7. The minimum Gasteiger partial charge on any atom is -0.392 e. The van der Waals surface area contributed by atoms with E-state index in [2.05, 4.69) is 6.07 Å². The van der Waals surface area contributed by atoms with Crippen molar-refractivity contribution in [3.63, 3.8) is 0 Å². The summed E-state index contributed by atoms with van der Waals surface area (Å²) < 4.78 is 0. The minimum absolute atomic E-state index is 0.0494. The van der Waals surface area contributed by atoms with Gasteiger partial charge in [0.1, 0.15) is 5.54 Å². The first kappa shape index (κ1) is 15.9. The molecule has 1 saturated carbocycles. The van der Waals surface area contributed by atoms with Gasteiger partial charge in [0.25, 0.3) is 0 Å². The largest absolute Gasteiger partial charge is 0.392 e. The zero-order valence-electron chi connectivity index (χ0n) is 12.2. The second-order valence-corrected chi connectivity index (χ2v) is 5.70. The molecule has 0 saturated heterocycles. The minimum atomic E-state index is -0.624. The van der Waals surface area contributed by atoms with Gasteiger partial charge in [0, 0.05) is 13.6 Å². The molecule has 0 aliphatic heterocycles. The average Bonchev–Trinajstić information content (AvgIpc) is 2.37. The first-order valence-electron chi connectivity index (χ1n) is 6.96. The third-order valence-corrected chi connectivity index (χ3v) is 3.89. The topological polar surface area (TPSA) is 67.6 Å². The summed E-state index contributed by atoms with van der Waals surface area (Å²) in [6, 6.07) is 2.35. The van der Waals surface area contributed by atoms with Crippen molar-refractivity contribution >= 4 is 5.91 Å². The van der Waals surface area contributed by atoms with Crippen LogP contribution in [0.2, 0.25) is 0 Å². The molecule has 0 radical (unpaired) electrons. The molecule has 1 N–H and O–H groups in total. The van der Waals surface area contributed by atoms with Crippen molar-refractivity contribution in [2.24, 2.45) is 0 Å². The molecule has 1 amide bonds. The highest BCUT2D eigenvalue weighted by atomic mass is 16.3. The summed E-state index contributed by atoms with van der Waals surface area (Å²) in [5.41, 5.74) is -0.624. The number of likely N-dealkylation sites (N-methyl/N-ethyl adjacent to an activating group) is 2. The lowest BCUT2D eigenvalue weighted by Crippen LogP contribution is -2.52. The highest BCUT2D eigenvalue weighted by Crippen LogP contribution is 2.32. The molecule has 0 aromatic rings. The van der Waals surface area contributed by atoms with Crippen LogP contribution in [0.3, 0.4) is 0 Å². The van der Waals surface area contributed by atoms with Crippen molar-refractivity contribution in [1.82, 2.24) is 9.80 Å². The Morgan fingerprint density at radius 2 is 1.95 bits per heavy atom. The molecule has 0 heterocycles. The van der Waals surface area contributed by atoms with E-state index in [0.717, 1.165) is 32.1 Å². The number of hydrogen-bond donors (Lipinski definition) is 1. The van der Waals surface area contributed by atoms with Gasteiger partial charge in [0.05, 0.1) is 18.7 Å². The molecule has 0 bridgehead atoms. The number of carbonyl (C=O) groups is 1. The van der Waals surface area contributed by atoms with Crippen molar-refractivity contribution in [3.8, 4) is 6.07 Å². The lowest BCUT2D eigenvalue weighted by Gasteiger charge is -2.39. The lowest BCUT2D eigenvalue weighted by molar-refractivity contribution is -0.136. The lowest BCUT2D eigenvalue weighted by atomic mass is 9.81. The van der Waals surface area contributed by atoms with Gasteiger partial charge in [-0.2, -0.15) is 5.26 Å². The fourth-order valence-electron chi connectivity index (χ4n) is 2.75. The van der Waals surface area contributed by atoms with Crippen LogP contribution in [0.25, 0.3) is 0 Å². The normalized spacial score (nSPS) is 19.8. The van der Waals surface area contributed by atoms with Crippen LogP contribution in [-0.2, 0) is 4.79 Å². The molecule has 1 fully saturated rings. The SMILES string of the molecule is CC(O)CN(C)CC(=O)N(C)C1(C#N)CCCCC1. The number of hydrogen-bond acceptors (Lipinski definition) is 4. The van der Waals surface area contributed by atoms with Crippen molar-refractivity contribution in [1.29, 1.82) is 5.26 Å². The Bertz CT molecular complexity index is 343. The van der Waals surface area contributed by atoms with E-state index in [9.17, 15) is 15.2 Å².